The second-order valence-corrected chi connectivity index (χ2v) is 6.28. The topological polar surface area (TPSA) is 75.6 Å². The Morgan fingerprint density at radius 2 is 1.64 bits per heavy atom. The maximum Gasteiger partial charge on any atom is 0.306 e. The molecule has 2 aromatic carbocycles. The molecule has 0 bridgehead atoms. The minimum absolute atomic E-state index is 0.126. The number of carboxylic acid groups (broad SMARTS) is 1. The van der Waals surface area contributed by atoms with E-state index in [1.165, 1.54) is 0 Å². The van der Waals surface area contributed by atoms with E-state index in [0.717, 1.165) is 5.56 Å². The van der Waals surface area contributed by atoms with Gasteiger partial charge in [-0.15, -0.1) is 0 Å². The zero-order chi connectivity index (χ0) is 17.6. The summed E-state index contributed by atoms with van der Waals surface area (Å²) in [5.74, 6) is -0.806. The molecule has 5 nitrogen and oxygen atoms in total. The van der Waals surface area contributed by atoms with E-state index < -0.39 is 12.1 Å². The van der Waals surface area contributed by atoms with Crippen molar-refractivity contribution in [3.05, 3.63) is 66.2 Å². The number of carboxylic acids is 1. The fourth-order valence-electron chi connectivity index (χ4n) is 3.15. The van der Waals surface area contributed by atoms with Gasteiger partial charge in [0.1, 0.15) is 5.75 Å². The van der Waals surface area contributed by atoms with Crippen LogP contribution in [0, 0.1) is 5.92 Å². The highest BCUT2D eigenvalue weighted by Gasteiger charge is 2.32. The van der Waals surface area contributed by atoms with Gasteiger partial charge in [0.2, 0.25) is 6.10 Å². The van der Waals surface area contributed by atoms with E-state index >= 15 is 0 Å². The summed E-state index contributed by atoms with van der Waals surface area (Å²) in [6.45, 7) is 0. The molecule has 1 unspecified atom stereocenters. The lowest BCUT2D eigenvalue weighted by molar-refractivity contribution is -0.141. The highest BCUT2D eigenvalue weighted by molar-refractivity contribution is 5.83. The fraction of sp³-hybridized carbons (Fsp3) is 0.300. The summed E-state index contributed by atoms with van der Waals surface area (Å²) in [5, 5.41) is 12.1. The Hall–Kier alpha value is -2.82. The van der Waals surface area contributed by atoms with Gasteiger partial charge in [-0.1, -0.05) is 48.5 Å². The van der Waals surface area contributed by atoms with Crippen LogP contribution in [0.4, 0.5) is 0 Å². The quantitative estimate of drug-likeness (QED) is 0.847. The lowest BCUT2D eigenvalue weighted by Crippen LogP contribution is -2.38. The first-order valence-corrected chi connectivity index (χ1v) is 8.43. The molecule has 0 radical (unpaired) electrons. The molecule has 0 aliphatic heterocycles. The van der Waals surface area contributed by atoms with Crippen LogP contribution in [0.2, 0.25) is 0 Å². The molecule has 1 aliphatic rings. The lowest BCUT2D eigenvalue weighted by atomic mass is 10.1. The Bertz CT molecular complexity index is 717. The monoisotopic (exact) mass is 339 g/mol. The number of ether oxygens (including phenoxy) is 1. The second kappa shape index (κ2) is 7.83. The van der Waals surface area contributed by atoms with Crippen LogP contribution in [0.5, 0.6) is 5.75 Å². The average Bonchev–Trinajstić information content (AvgIpc) is 3.10. The van der Waals surface area contributed by atoms with Gasteiger partial charge in [0.25, 0.3) is 5.91 Å². The van der Waals surface area contributed by atoms with Crippen LogP contribution in [-0.2, 0) is 9.59 Å². The van der Waals surface area contributed by atoms with Crippen LogP contribution in [0.25, 0.3) is 0 Å². The minimum Gasteiger partial charge on any atom is -0.481 e. The van der Waals surface area contributed by atoms with Crippen molar-refractivity contribution in [2.24, 2.45) is 5.92 Å². The van der Waals surface area contributed by atoms with Crippen molar-refractivity contribution in [2.45, 2.75) is 31.4 Å². The first kappa shape index (κ1) is 17.0. The Labute approximate surface area is 146 Å². The highest BCUT2D eigenvalue weighted by atomic mass is 16.5. The number of para-hydroxylation sites is 1. The molecule has 0 saturated heterocycles. The summed E-state index contributed by atoms with van der Waals surface area (Å²) < 4.78 is 5.92. The van der Waals surface area contributed by atoms with Gasteiger partial charge in [0, 0.05) is 11.6 Å². The summed E-state index contributed by atoms with van der Waals surface area (Å²) >= 11 is 0. The highest BCUT2D eigenvalue weighted by Crippen LogP contribution is 2.27. The van der Waals surface area contributed by atoms with Crippen molar-refractivity contribution in [1.29, 1.82) is 0 Å². The number of nitrogens with one attached hydrogen (secondary N) is 1. The van der Waals surface area contributed by atoms with Gasteiger partial charge in [-0.2, -0.15) is 0 Å². The van der Waals surface area contributed by atoms with Crippen molar-refractivity contribution in [3.8, 4) is 5.75 Å². The standard InChI is InChI=1S/C20H21NO4/c22-19(21-16-12-11-15(13-16)20(23)24)18(14-7-3-1-4-8-14)25-17-9-5-2-6-10-17/h1-10,15-16,18H,11-13H2,(H,21,22)(H,23,24)/t15-,16+,18?/m0/s1. The number of hydrogen-bond acceptors (Lipinski definition) is 3. The van der Waals surface area contributed by atoms with E-state index in [1.807, 2.05) is 48.5 Å². The minimum atomic E-state index is -0.795. The number of carbonyl (C=O) groups is 2. The van der Waals surface area contributed by atoms with E-state index in [1.54, 1.807) is 12.1 Å². The Balaban J connectivity index is 1.73. The van der Waals surface area contributed by atoms with Gasteiger partial charge in [-0.25, -0.2) is 0 Å². The molecule has 5 heteroatoms. The Morgan fingerprint density at radius 1 is 1.00 bits per heavy atom. The molecule has 25 heavy (non-hydrogen) atoms. The Kier molecular flexibility index (Phi) is 5.33. The van der Waals surface area contributed by atoms with Crippen LogP contribution in [0.1, 0.15) is 30.9 Å². The van der Waals surface area contributed by atoms with E-state index in [9.17, 15) is 9.59 Å². The largest absolute Gasteiger partial charge is 0.481 e. The number of amides is 1. The second-order valence-electron chi connectivity index (χ2n) is 6.28. The zero-order valence-corrected chi connectivity index (χ0v) is 13.8. The molecule has 130 valence electrons. The van der Waals surface area contributed by atoms with Gasteiger partial charge in [0.15, 0.2) is 0 Å². The molecule has 3 rings (SSSR count). The smallest absolute Gasteiger partial charge is 0.306 e. The predicted molar refractivity (Wildman–Crippen MR) is 93.2 cm³/mol. The molecule has 0 spiro atoms. The van der Waals surface area contributed by atoms with Crippen LogP contribution < -0.4 is 10.1 Å². The molecular weight excluding hydrogens is 318 g/mol. The van der Waals surface area contributed by atoms with Gasteiger partial charge in [-0.3, -0.25) is 9.59 Å². The number of hydrogen-bond donors (Lipinski definition) is 2. The SMILES string of the molecule is O=C(N[C@@H]1CC[C@H](C(=O)O)C1)C(Oc1ccccc1)c1ccccc1. The number of rotatable bonds is 6. The summed E-state index contributed by atoms with van der Waals surface area (Å²) in [6.07, 6.45) is 0.965. The van der Waals surface area contributed by atoms with Gasteiger partial charge >= 0.3 is 5.97 Å². The molecule has 1 fully saturated rings. The van der Waals surface area contributed by atoms with Crippen LogP contribution in [0.15, 0.2) is 60.7 Å². The third-order valence-electron chi connectivity index (χ3n) is 4.47. The van der Waals surface area contributed by atoms with E-state index in [2.05, 4.69) is 5.32 Å². The van der Waals surface area contributed by atoms with Crippen LogP contribution >= 0.6 is 0 Å². The third-order valence-corrected chi connectivity index (χ3v) is 4.47. The van der Waals surface area contributed by atoms with Gasteiger partial charge < -0.3 is 15.2 Å². The summed E-state index contributed by atoms with van der Waals surface area (Å²) in [7, 11) is 0. The van der Waals surface area contributed by atoms with Crippen molar-refractivity contribution in [1.82, 2.24) is 5.32 Å². The molecule has 1 aliphatic carbocycles. The molecule has 3 atom stereocenters. The molecule has 0 heterocycles. The van der Waals surface area contributed by atoms with Crippen LogP contribution in [-0.4, -0.2) is 23.0 Å². The number of benzene rings is 2. The number of aliphatic carboxylic acids is 1. The van der Waals surface area contributed by atoms with E-state index in [0.29, 0.717) is 25.0 Å². The van der Waals surface area contributed by atoms with Crippen molar-refractivity contribution >= 4 is 11.9 Å². The predicted octanol–water partition coefficient (Wildman–Crippen LogP) is 3.18. The first-order valence-electron chi connectivity index (χ1n) is 8.43. The molecule has 2 N–H and O–H groups in total. The summed E-state index contributed by atoms with van der Waals surface area (Å²) in [5.41, 5.74) is 0.761. The maximum atomic E-state index is 12.8. The first-order chi connectivity index (χ1) is 12.1. The molecule has 0 aromatic heterocycles. The lowest BCUT2D eigenvalue weighted by Gasteiger charge is -2.21. The molecule has 1 saturated carbocycles. The normalized spacial score (nSPS) is 20.6. The Morgan fingerprint density at radius 3 is 2.24 bits per heavy atom. The zero-order valence-electron chi connectivity index (χ0n) is 13.8. The molecule has 1 amide bonds. The van der Waals surface area contributed by atoms with Crippen molar-refractivity contribution in [3.63, 3.8) is 0 Å². The third kappa shape index (κ3) is 4.38. The maximum absolute atomic E-state index is 12.8. The summed E-state index contributed by atoms with van der Waals surface area (Å²) in [6, 6.07) is 18.4. The van der Waals surface area contributed by atoms with Crippen molar-refractivity contribution in [2.75, 3.05) is 0 Å². The molecule has 2 aromatic rings. The van der Waals surface area contributed by atoms with E-state index in [-0.39, 0.29) is 17.9 Å². The van der Waals surface area contributed by atoms with Gasteiger partial charge in [0.05, 0.1) is 5.92 Å². The van der Waals surface area contributed by atoms with Crippen LogP contribution in [0.3, 0.4) is 0 Å². The average molecular weight is 339 g/mol. The summed E-state index contributed by atoms with van der Waals surface area (Å²) in [4.78, 5) is 23.9. The number of carbonyl (C=O) groups excluding carboxylic acids is 1. The fourth-order valence-corrected chi connectivity index (χ4v) is 3.15. The van der Waals surface area contributed by atoms with Gasteiger partial charge in [-0.05, 0) is 31.4 Å². The van der Waals surface area contributed by atoms with E-state index in [4.69, 9.17) is 9.84 Å². The van der Waals surface area contributed by atoms with Crippen molar-refractivity contribution < 1.29 is 19.4 Å². The molecular formula is C20H21NO4.